The van der Waals surface area contributed by atoms with Gasteiger partial charge < -0.3 is 15.8 Å². The molecule has 0 fully saturated rings. The van der Waals surface area contributed by atoms with E-state index >= 15 is 0 Å². The van der Waals surface area contributed by atoms with Crippen LogP contribution in [-0.2, 0) is 6.54 Å². The van der Waals surface area contributed by atoms with E-state index in [0.717, 1.165) is 34.0 Å². The predicted molar refractivity (Wildman–Crippen MR) is 89.6 cm³/mol. The topological polar surface area (TPSA) is 47.3 Å². The summed E-state index contributed by atoms with van der Waals surface area (Å²) in [4.78, 5) is 0. The zero-order valence-corrected chi connectivity index (χ0v) is 12.0. The van der Waals surface area contributed by atoms with Gasteiger partial charge in [-0.15, -0.1) is 0 Å². The molecule has 4 rings (SSSR count). The van der Waals surface area contributed by atoms with Crippen molar-refractivity contribution in [3.05, 3.63) is 72.3 Å². The van der Waals surface area contributed by atoms with Crippen molar-refractivity contribution in [3.63, 3.8) is 0 Å². The minimum Gasteiger partial charge on any atom is -0.453 e. The summed E-state index contributed by atoms with van der Waals surface area (Å²) in [7, 11) is 0. The number of hydrogen-bond acceptors (Lipinski definition) is 3. The highest BCUT2D eigenvalue weighted by Crippen LogP contribution is 2.43. The quantitative estimate of drug-likeness (QED) is 0.564. The van der Waals surface area contributed by atoms with E-state index in [9.17, 15) is 0 Å². The molecule has 0 saturated heterocycles. The van der Waals surface area contributed by atoms with E-state index in [4.69, 9.17) is 10.5 Å². The van der Waals surface area contributed by atoms with Gasteiger partial charge in [0.05, 0.1) is 11.4 Å². The molecule has 0 unspecified atom stereocenters. The molecular weight excluding hydrogens is 272 g/mol. The fourth-order valence-electron chi connectivity index (χ4n) is 2.65. The van der Waals surface area contributed by atoms with Crippen molar-refractivity contribution in [2.24, 2.45) is 5.73 Å². The molecule has 0 aliphatic carbocycles. The van der Waals surface area contributed by atoms with E-state index in [1.807, 2.05) is 30.3 Å². The van der Waals surface area contributed by atoms with Gasteiger partial charge in [0.15, 0.2) is 11.5 Å². The molecule has 3 heteroatoms. The maximum atomic E-state index is 5.93. The van der Waals surface area contributed by atoms with E-state index < -0.39 is 0 Å². The lowest BCUT2D eigenvalue weighted by Gasteiger charge is -2.22. The molecule has 3 aromatic carbocycles. The van der Waals surface area contributed by atoms with Gasteiger partial charge in [-0.3, -0.25) is 0 Å². The minimum absolute atomic E-state index is 0.566. The lowest BCUT2D eigenvalue weighted by Crippen LogP contribution is -2.02. The Morgan fingerprint density at radius 3 is 2.32 bits per heavy atom. The van der Waals surface area contributed by atoms with Gasteiger partial charge in [0.1, 0.15) is 0 Å². The predicted octanol–water partition coefficient (Wildman–Crippen LogP) is 4.66. The van der Waals surface area contributed by atoms with E-state index in [1.165, 1.54) is 5.56 Å². The van der Waals surface area contributed by atoms with Crippen LogP contribution in [0, 0.1) is 0 Å². The first-order valence-corrected chi connectivity index (χ1v) is 7.31. The highest BCUT2D eigenvalue weighted by molar-refractivity contribution is 5.80. The van der Waals surface area contributed by atoms with Crippen LogP contribution in [0.3, 0.4) is 0 Å². The average Bonchev–Trinajstić information content (AvgIpc) is 2.59. The number of fused-ring (bicyclic) bond motifs is 2. The smallest absolute Gasteiger partial charge is 0.151 e. The van der Waals surface area contributed by atoms with Gasteiger partial charge in [-0.05, 0) is 41.0 Å². The van der Waals surface area contributed by atoms with Crippen molar-refractivity contribution in [1.82, 2.24) is 0 Å². The molecule has 108 valence electrons. The fourth-order valence-corrected chi connectivity index (χ4v) is 2.65. The summed E-state index contributed by atoms with van der Waals surface area (Å²) < 4.78 is 5.93. The number of para-hydroxylation sites is 2. The van der Waals surface area contributed by atoms with Crippen LogP contribution < -0.4 is 15.8 Å². The van der Waals surface area contributed by atoms with Gasteiger partial charge in [-0.2, -0.15) is 0 Å². The summed E-state index contributed by atoms with van der Waals surface area (Å²) >= 11 is 0. The van der Waals surface area contributed by atoms with Crippen LogP contribution in [0.1, 0.15) is 5.56 Å². The third kappa shape index (κ3) is 2.22. The Morgan fingerprint density at radius 1 is 0.773 bits per heavy atom. The van der Waals surface area contributed by atoms with Crippen molar-refractivity contribution < 1.29 is 4.74 Å². The molecule has 3 aromatic rings. The molecular formula is C19H16N2O. The van der Waals surface area contributed by atoms with Crippen LogP contribution in [0.15, 0.2) is 66.7 Å². The van der Waals surface area contributed by atoms with Crippen LogP contribution in [0.5, 0.6) is 11.5 Å². The van der Waals surface area contributed by atoms with Crippen LogP contribution >= 0.6 is 0 Å². The van der Waals surface area contributed by atoms with Crippen molar-refractivity contribution in [1.29, 1.82) is 0 Å². The standard InChI is InChI=1S/C19H16N2O/c20-12-13-5-7-14(8-6-13)15-9-10-19-17(11-15)21-16-3-1-2-4-18(16)22-19/h1-11,21H,12,20H2. The Kier molecular flexibility index (Phi) is 3.06. The Labute approximate surface area is 129 Å². The summed E-state index contributed by atoms with van der Waals surface area (Å²) in [5.74, 6) is 1.70. The highest BCUT2D eigenvalue weighted by atomic mass is 16.5. The normalized spacial score (nSPS) is 11.9. The number of nitrogens with one attached hydrogen (secondary N) is 1. The molecule has 0 bridgehead atoms. The van der Waals surface area contributed by atoms with Crippen LogP contribution in [0.2, 0.25) is 0 Å². The van der Waals surface area contributed by atoms with Crippen LogP contribution in [0.25, 0.3) is 11.1 Å². The number of hydrogen-bond donors (Lipinski definition) is 2. The second kappa shape index (κ2) is 5.20. The lowest BCUT2D eigenvalue weighted by molar-refractivity contribution is 0.481. The van der Waals surface area contributed by atoms with E-state index in [2.05, 4.69) is 41.7 Å². The van der Waals surface area contributed by atoms with Crippen molar-refractivity contribution in [2.75, 3.05) is 5.32 Å². The SMILES string of the molecule is NCc1ccc(-c2ccc3c(c2)Nc2ccccc2O3)cc1. The molecule has 0 aromatic heterocycles. The second-order valence-electron chi connectivity index (χ2n) is 5.34. The number of ether oxygens (including phenoxy) is 1. The van der Waals surface area contributed by atoms with E-state index in [-0.39, 0.29) is 0 Å². The first-order chi connectivity index (χ1) is 10.8. The van der Waals surface area contributed by atoms with Gasteiger partial charge in [0.2, 0.25) is 0 Å². The Balaban J connectivity index is 1.70. The number of anilines is 2. The van der Waals surface area contributed by atoms with Gasteiger partial charge in [-0.25, -0.2) is 0 Å². The molecule has 3 nitrogen and oxygen atoms in total. The highest BCUT2D eigenvalue weighted by Gasteiger charge is 2.16. The van der Waals surface area contributed by atoms with Gasteiger partial charge in [0, 0.05) is 6.54 Å². The molecule has 1 aliphatic heterocycles. The lowest BCUT2D eigenvalue weighted by atomic mass is 10.0. The Morgan fingerprint density at radius 2 is 1.50 bits per heavy atom. The summed E-state index contributed by atoms with van der Waals surface area (Å²) in [6.07, 6.45) is 0. The van der Waals surface area contributed by atoms with Gasteiger partial charge in [0.25, 0.3) is 0 Å². The number of rotatable bonds is 2. The minimum atomic E-state index is 0.566. The van der Waals surface area contributed by atoms with E-state index in [1.54, 1.807) is 0 Å². The molecule has 0 spiro atoms. The largest absolute Gasteiger partial charge is 0.453 e. The summed E-state index contributed by atoms with van der Waals surface area (Å²) in [6, 6.07) is 22.5. The fraction of sp³-hybridized carbons (Fsp3) is 0.0526. The van der Waals surface area contributed by atoms with Crippen molar-refractivity contribution in [2.45, 2.75) is 6.54 Å². The molecule has 0 amide bonds. The Hall–Kier alpha value is -2.78. The molecule has 0 atom stereocenters. The Bertz CT molecular complexity index is 825. The molecule has 0 radical (unpaired) electrons. The van der Waals surface area contributed by atoms with Crippen LogP contribution in [0.4, 0.5) is 11.4 Å². The molecule has 22 heavy (non-hydrogen) atoms. The first kappa shape index (κ1) is 12.9. The van der Waals surface area contributed by atoms with Gasteiger partial charge in [-0.1, -0.05) is 42.5 Å². The monoisotopic (exact) mass is 288 g/mol. The summed E-state index contributed by atoms with van der Waals surface area (Å²) in [5, 5.41) is 3.43. The van der Waals surface area contributed by atoms with Crippen molar-refractivity contribution in [3.8, 4) is 22.6 Å². The maximum Gasteiger partial charge on any atom is 0.151 e. The maximum absolute atomic E-state index is 5.93. The summed E-state index contributed by atoms with van der Waals surface area (Å²) in [6.45, 7) is 0.566. The third-order valence-electron chi connectivity index (χ3n) is 3.88. The molecule has 3 N–H and O–H groups in total. The molecule has 1 aliphatic rings. The zero-order chi connectivity index (χ0) is 14.9. The van der Waals surface area contributed by atoms with Crippen LogP contribution in [-0.4, -0.2) is 0 Å². The molecule has 1 heterocycles. The summed E-state index contributed by atoms with van der Waals surface area (Å²) in [5.41, 5.74) is 11.1. The third-order valence-corrected chi connectivity index (χ3v) is 3.88. The first-order valence-electron chi connectivity index (χ1n) is 7.31. The molecule has 0 saturated carbocycles. The average molecular weight is 288 g/mol. The second-order valence-corrected chi connectivity index (χ2v) is 5.34. The number of nitrogens with two attached hydrogens (primary N) is 1. The van der Waals surface area contributed by atoms with Crippen molar-refractivity contribution >= 4 is 11.4 Å². The van der Waals surface area contributed by atoms with Gasteiger partial charge >= 0.3 is 0 Å². The number of benzene rings is 3. The van der Waals surface area contributed by atoms with E-state index in [0.29, 0.717) is 6.54 Å². The zero-order valence-electron chi connectivity index (χ0n) is 12.0.